The summed E-state index contributed by atoms with van der Waals surface area (Å²) in [5, 5.41) is 5.86. The number of methoxy groups -OCH3 is 2. The second-order valence-corrected chi connectivity index (χ2v) is 21.4. The average molecular weight is 1320 g/mol. The van der Waals surface area contributed by atoms with Crippen molar-refractivity contribution in [3.8, 4) is 68.9 Å². The Morgan fingerprint density at radius 3 is 1.34 bits per heavy atom. The molecular formula is C67H56F5N9O15. The molecule has 1 saturated heterocycles. The van der Waals surface area contributed by atoms with Gasteiger partial charge >= 0.3 is 11.4 Å². The van der Waals surface area contributed by atoms with Crippen LogP contribution in [0.3, 0.4) is 0 Å². The highest BCUT2D eigenvalue weighted by atomic mass is 19.1. The van der Waals surface area contributed by atoms with Gasteiger partial charge in [0.25, 0.3) is 22.9 Å². The number of amides is 2. The molecule has 10 aromatic rings. The summed E-state index contributed by atoms with van der Waals surface area (Å²) in [6, 6.07) is 23.0. The maximum absolute atomic E-state index is 15.5. The van der Waals surface area contributed by atoms with Crippen molar-refractivity contribution in [2.75, 3.05) is 90.8 Å². The van der Waals surface area contributed by atoms with Gasteiger partial charge < -0.3 is 53.3 Å². The number of nitrogens with one attached hydrogen (secondary N) is 2. The van der Waals surface area contributed by atoms with Crippen LogP contribution >= 0.6 is 0 Å². The van der Waals surface area contributed by atoms with Crippen molar-refractivity contribution in [1.29, 1.82) is 0 Å². The Kier molecular flexibility index (Phi) is 19.0. The lowest BCUT2D eigenvalue weighted by atomic mass is 10.1. The molecule has 0 aliphatic carbocycles. The molecule has 7 heterocycles. The summed E-state index contributed by atoms with van der Waals surface area (Å²) >= 11 is 0. The average Bonchev–Trinajstić information content (AvgIpc) is 0.819. The van der Waals surface area contributed by atoms with E-state index in [2.05, 4.69) is 25.5 Å². The molecule has 13 rings (SSSR count). The van der Waals surface area contributed by atoms with E-state index in [1.54, 1.807) is 18.2 Å². The van der Waals surface area contributed by atoms with Crippen LogP contribution in [-0.4, -0.2) is 125 Å². The number of hydrogen-bond donors (Lipinski definition) is 2. The number of rotatable bonds is 18. The Morgan fingerprint density at radius 1 is 0.500 bits per heavy atom. The summed E-state index contributed by atoms with van der Waals surface area (Å²) in [7, 11) is 2.98. The summed E-state index contributed by atoms with van der Waals surface area (Å²) in [6.45, 7) is 3.42. The fourth-order valence-electron chi connectivity index (χ4n) is 10.8. The molecule has 0 spiro atoms. The molecule has 3 aliphatic heterocycles. The Bertz CT molecular complexity index is 4890. The van der Waals surface area contributed by atoms with Crippen molar-refractivity contribution < 1.29 is 74.2 Å². The normalized spacial score (nSPS) is 13.3. The smallest absolute Gasteiger partial charge is 0.335 e. The van der Waals surface area contributed by atoms with Crippen molar-refractivity contribution in [2.45, 2.75) is 19.5 Å². The van der Waals surface area contributed by atoms with E-state index in [0.717, 1.165) is 64.8 Å². The molecule has 2 amide bonds. The predicted molar refractivity (Wildman–Crippen MR) is 338 cm³/mol. The molecule has 0 saturated carbocycles. The number of alkyl halides is 1. The summed E-state index contributed by atoms with van der Waals surface area (Å²) in [5.74, 6) is -2.30. The summed E-state index contributed by atoms with van der Waals surface area (Å²) in [4.78, 5) is 90.8. The number of benzene rings is 6. The minimum atomic E-state index is -1.03. The maximum atomic E-state index is 15.5. The van der Waals surface area contributed by atoms with Crippen molar-refractivity contribution in [3.05, 3.63) is 210 Å². The van der Waals surface area contributed by atoms with Crippen molar-refractivity contribution in [1.82, 2.24) is 33.1 Å². The molecule has 3 aliphatic rings. The number of carbonyl (C=O) groups excluding carboxylic acids is 2. The van der Waals surface area contributed by atoms with Gasteiger partial charge in [0, 0.05) is 86.6 Å². The van der Waals surface area contributed by atoms with Crippen LogP contribution in [0.15, 0.2) is 153 Å². The molecule has 0 unspecified atom stereocenters. The van der Waals surface area contributed by atoms with Crippen molar-refractivity contribution >= 4 is 45.0 Å². The fourth-order valence-corrected chi connectivity index (χ4v) is 10.8. The second kappa shape index (κ2) is 28.3. The lowest BCUT2D eigenvalue weighted by Crippen LogP contribution is -2.43. The van der Waals surface area contributed by atoms with Crippen LogP contribution in [0.25, 0.3) is 33.2 Å². The highest BCUT2D eigenvalue weighted by Crippen LogP contribution is 2.50. The lowest BCUT2D eigenvalue weighted by Gasteiger charge is -2.26. The second-order valence-electron chi connectivity index (χ2n) is 21.4. The molecule has 24 nitrogen and oxygen atoms in total. The summed E-state index contributed by atoms with van der Waals surface area (Å²) in [5.41, 5.74) is -3.45. The molecule has 1 fully saturated rings. The number of aryl methyl sites for hydroxylation is 2. The number of hydrogen-bond acceptors (Lipinski definition) is 18. The fraction of sp³-hybridized carbons (Fsp3) is 0.224. The van der Waals surface area contributed by atoms with Crippen LogP contribution in [0.4, 0.5) is 33.3 Å². The minimum absolute atomic E-state index is 0.0264. The van der Waals surface area contributed by atoms with Crippen molar-refractivity contribution in [2.24, 2.45) is 0 Å². The van der Waals surface area contributed by atoms with E-state index in [1.165, 1.54) is 92.0 Å². The highest BCUT2D eigenvalue weighted by molar-refractivity contribution is 6.05. The zero-order valence-electron chi connectivity index (χ0n) is 51.0. The molecule has 0 radical (unpaired) electrons. The highest BCUT2D eigenvalue weighted by Gasteiger charge is 2.28. The summed E-state index contributed by atoms with van der Waals surface area (Å²) in [6.07, 6.45) is 5.64. The van der Waals surface area contributed by atoms with E-state index in [0.29, 0.717) is 100 Å². The molecule has 6 aromatic carbocycles. The number of pyridine rings is 2. The van der Waals surface area contributed by atoms with E-state index in [1.807, 2.05) is 0 Å². The third kappa shape index (κ3) is 13.5. The standard InChI is InChI=1S/C36H33F2N5O8.C31H23F3N4O7/c1-47-30-20-27-31(33-32(30)49-17-18-50-33)29(9-10-39-27)51-28-8-5-23(19-26(28)38)40-34(44)25-21-42(12-2-11-41-13-15-48-16-14-41)36(46)43(35(25)45)24-6-3-22(37)4-7-24;1-42-25-15-22-26(28-27(25)43-12-13-44-28)24(8-10-35-22)45-23-7-4-18(14-21(23)34)36-29(39)20-16-37(11-9-32)31(41)38(30(20)40)19-5-2-17(33)3-6-19/h3-10,19-21H,2,11-18H2,1H3,(H,40,44);2-8,10,14-16H,9,11-13H2,1H3,(H,36,39). The van der Waals surface area contributed by atoms with Gasteiger partial charge in [-0.3, -0.25) is 43.2 Å². The van der Waals surface area contributed by atoms with Gasteiger partial charge in [0.15, 0.2) is 46.1 Å². The third-order valence-electron chi connectivity index (χ3n) is 15.4. The molecule has 2 N–H and O–H groups in total. The van der Waals surface area contributed by atoms with Crippen LogP contribution < -0.4 is 71.0 Å². The predicted octanol–water partition coefficient (Wildman–Crippen LogP) is 8.99. The number of fused-ring (bicyclic) bond motifs is 6. The Labute approximate surface area is 539 Å². The monoisotopic (exact) mass is 1320 g/mol. The zero-order chi connectivity index (χ0) is 67.1. The number of carbonyl (C=O) groups is 2. The van der Waals surface area contributed by atoms with Gasteiger partial charge in [-0.15, -0.1) is 0 Å². The summed E-state index contributed by atoms with van der Waals surface area (Å²) < 4.78 is 126. The molecule has 96 heavy (non-hydrogen) atoms. The van der Waals surface area contributed by atoms with E-state index in [9.17, 15) is 41.9 Å². The van der Waals surface area contributed by atoms with Gasteiger partial charge in [0.1, 0.15) is 67.4 Å². The molecule has 29 heteroatoms. The first-order valence-electron chi connectivity index (χ1n) is 29.8. The molecule has 4 aromatic heterocycles. The first kappa shape index (κ1) is 64.5. The first-order valence-corrected chi connectivity index (χ1v) is 29.8. The van der Waals surface area contributed by atoms with Crippen LogP contribution in [0, 0.1) is 23.3 Å². The maximum Gasteiger partial charge on any atom is 0.335 e. The SMILES string of the molecule is COc1cc2nccc(Oc3ccc(NC(=O)c4cn(CCCN5CCOCC5)c(=O)n(-c5ccc(F)cc5)c4=O)cc3F)c2c2c1OCCO2.COc1cc2nccc(Oc3ccc(NC(=O)c4cn(CCF)c(=O)n(-c5ccc(F)cc5)c4=O)cc3F)c2c2c1OCCO2. The van der Waals surface area contributed by atoms with Crippen LogP contribution in [0.2, 0.25) is 0 Å². The Morgan fingerprint density at radius 2 is 0.927 bits per heavy atom. The van der Waals surface area contributed by atoms with Crippen molar-refractivity contribution in [3.63, 3.8) is 0 Å². The first-order chi connectivity index (χ1) is 46.6. The zero-order valence-corrected chi connectivity index (χ0v) is 51.0. The van der Waals surface area contributed by atoms with E-state index >= 15 is 8.78 Å². The van der Waals surface area contributed by atoms with Gasteiger partial charge in [0.2, 0.25) is 11.5 Å². The number of ether oxygens (including phenoxy) is 9. The topological polar surface area (TPSA) is 258 Å². The van der Waals surface area contributed by atoms with E-state index in [4.69, 9.17) is 42.6 Å². The number of nitrogens with zero attached hydrogens (tertiary/aromatic N) is 7. The number of aromatic nitrogens is 6. The van der Waals surface area contributed by atoms with Gasteiger partial charge in [-0.1, -0.05) is 0 Å². The van der Waals surface area contributed by atoms with Crippen LogP contribution in [0.1, 0.15) is 27.1 Å². The van der Waals surface area contributed by atoms with Crippen LogP contribution in [0.5, 0.6) is 57.5 Å². The Hall–Kier alpha value is -11.6. The lowest BCUT2D eigenvalue weighted by molar-refractivity contribution is 0.0369. The van der Waals surface area contributed by atoms with E-state index < -0.39 is 76.4 Å². The number of halogens is 5. The minimum Gasteiger partial charge on any atom is -0.493 e. The van der Waals surface area contributed by atoms with Gasteiger partial charge in [-0.25, -0.2) is 40.7 Å². The Balaban J connectivity index is 0.000000185. The van der Waals surface area contributed by atoms with Crippen LogP contribution in [-0.2, 0) is 17.8 Å². The molecular weight excluding hydrogens is 1270 g/mol. The quantitative estimate of drug-likeness (QED) is 0.0759. The van der Waals surface area contributed by atoms with E-state index in [-0.39, 0.29) is 71.1 Å². The number of anilines is 2. The molecule has 494 valence electrons. The molecule has 0 bridgehead atoms. The van der Waals surface area contributed by atoms with Gasteiger partial charge in [-0.2, -0.15) is 0 Å². The number of morpholine rings is 1. The van der Waals surface area contributed by atoms with Gasteiger partial charge in [0.05, 0.1) is 67.2 Å². The van der Waals surface area contributed by atoms with Gasteiger partial charge in [-0.05, 0) is 91.3 Å². The largest absolute Gasteiger partial charge is 0.493 e. The molecule has 0 atom stereocenters. The third-order valence-corrected chi connectivity index (χ3v) is 15.4.